The zero-order valence-electron chi connectivity index (χ0n) is 12.9. The Hall–Kier alpha value is -1.63. The minimum absolute atomic E-state index is 0.0151. The fraction of sp³-hybridized carbons (Fsp3) is 0.769. The molecule has 0 unspecified atom stereocenters. The molecule has 0 atom stereocenters. The van der Waals surface area contributed by atoms with Gasteiger partial charge in [0.2, 0.25) is 11.8 Å². The van der Waals surface area contributed by atoms with Gasteiger partial charge >= 0.3 is 6.01 Å². The number of rotatable bonds is 7. The third-order valence-electron chi connectivity index (χ3n) is 2.34. The van der Waals surface area contributed by atoms with Gasteiger partial charge in [-0.25, -0.2) is 0 Å². The number of anilines is 1. The molecule has 0 radical (unpaired) electrons. The van der Waals surface area contributed by atoms with Crippen LogP contribution in [0, 0.1) is 5.92 Å². The van der Waals surface area contributed by atoms with E-state index in [0.29, 0.717) is 24.9 Å². The maximum Gasteiger partial charge on any atom is 0.315 e. The number of carbonyl (C=O) groups is 1. The number of hydrogen-bond donors (Lipinski definition) is 3. The summed E-state index contributed by atoms with van der Waals surface area (Å²) >= 11 is 0. The lowest BCUT2D eigenvalue weighted by Crippen LogP contribution is -2.35. The Bertz CT molecular complexity index is 423. The fourth-order valence-electron chi connectivity index (χ4n) is 1.27. The van der Waals surface area contributed by atoms with Gasteiger partial charge in [-0.05, 0) is 26.7 Å². The first-order chi connectivity index (χ1) is 9.26. The first kappa shape index (κ1) is 16.4. The van der Waals surface area contributed by atoms with Gasteiger partial charge < -0.3 is 20.4 Å². The van der Waals surface area contributed by atoms with Crippen molar-refractivity contribution in [2.24, 2.45) is 5.92 Å². The second-order valence-electron chi connectivity index (χ2n) is 6.16. The Balaban J connectivity index is 2.31. The van der Waals surface area contributed by atoms with Gasteiger partial charge in [-0.3, -0.25) is 4.79 Å². The average molecular weight is 283 g/mol. The van der Waals surface area contributed by atoms with Crippen molar-refractivity contribution in [2.45, 2.75) is 46.7 Å². The highest BCUT2D eigenvalue weighted by Gasteiger charge is 2.12. The van der Waals surface area contributed by atoms with Crippen LogP contribution in [0.4, 0.5) is 6.01 Å². The normalized spacial score (nSPS) is 11.7. The predicted octanol–water partition coefficient (Wildman–Crippen LogP) is 1.14. The number of nitrogens with zero attached hydrogens (tertiary/aromatic N) is 2. The molecule has 1 heterocycles. The van der Waals surface area contributed by atoms with E-state index in [-0.39, 0.29) is 24.0 Å². The molecule has 0 fully saturated rings. The highest BCUT2D eigenvalue weighted by molar-refractivity contribution is 5.79. The molecule has 0 saturated carbocycles. The lowest BCUT2D eigenvalue weighted by molar-refractivity contribution is -0.119. The van der Waals surface area contributed by atoms with Crippen LogP contribution in [0.3, 0.4) is 0 Å². The molecule has 1 aromatic heterocycles. The average Bonchev–Trinajstić information content (AvgIpc) is 2.78. The van der Waals surface area contributed by atoms with Gasteiger partial charge in [-0.2, -0.15) is 0 Å². The summed E-state index contributed by atoms with van der Waals surface area (Å²) in [4.78, 5) is 11.5. The summed E-state index contributed by atoms with van der Waals surface area (Å²) in [6.45, 7) is 11.5. The summed E-state index contributed by atoms with van der Waals surface area (Å²) in [5, 5.41) is 16.6. The van der Waals surface area contributed by atoms with E-state index < -0.39 is 0 Å². The largest absolute Gasteiger partial charge is 0.407 e. The Morgan fingerprint density at radius 2 is 2.00 bits per heavy atom. The topological polar surface area (TPSA) is 92.1 Å². The molecule has 7 nitrogen and oxygen atoms in total. The fourth-order valence-corrected chi connectivity index (χ4v) is 1.27. The number of carbonyl (C=O) groups excluding carboxylic acids is 1. The molecular weight excluding hydrogens is 258 g/mol. The third kappa shape index (κ3) is 7.08. The Morgan fingerprint density at radius 1 is 1.30 bits per heavy atom. The molecule has 0 aliphatic heterocycles. The van der Waals surface area contributed by atoms with Gasteiger partial charge in [0.25, 0.3) is 0 Å². The number of aromatic nitrogens is 2. The predicted molar refractivity (Wildman–Crippen MR) is 77.2 cm³/mol. The van der Waals surface area contributed by atoms with Crippen LogP contribution in [0.25, 0.3) is 0 Å². The number of hydrogen-bond acceptors (Lipinski definition) is 6. The van der Waals surface area contributed by atoms with Crippen molar-refractivity contribution in [1.29, 1.82) is 0 Å². The summed E-state index contributed by atoms with van der Waals surface area (Å²) in [6.07, 6.45) is 0. The molecule has 0 aliphatic carbocycles. The van der Waals surface area contributed by atoms with Gasteiger partial charge in [0.1, 0.15) is 0 Å². The molecule has 7 heteroatoms. The van der Waals surface area contributed by atoms with Gasteiger partial charge in [-0.15, -0.1) is 5.10 Å². The van der Waals surface area contributed by atoms with E-state index >= 15 is 0 Å². The zero-order valence-corrected chi connectivity index (χ0v) is 12.9. The van der Waals surface area contributed by atoms with Crippen molar-refractivity contribution in [3.63, 3.8) is 0 Å². The molecule has 1 amide bonds. The van der Waals surface area contributed by atoms with Crippen LogP contribution < -0.4 is 16.0 Å². The highest BCUT2D eigenvalue weighted by Crippen LogP contribution is 2.07. The second-order valence-corrected chi connectivity index (χ2v) is 6.16. The Morgan fingerprint density at radius 3 is 2.60 bits per heavy atom. The van der Waals surface area contributed by atoms with Crippen molar-refractivity contribution in [3.05, 3.63) is 5.89 Å². The summed E-state index contributed by atoms with van der Waals surface area (Å²) in [5.74, 6) is 0.828. The first-order valence-electron chi connectivity index (χ1n) is 6.84. The molecule has 20 heavy (non-hydrogen) atoms. The molecule has 0 spiro atoms. The first-order valence-corrected chi connectivity index (χ1v) is 6.84. The van der Waals surface area contributed by atoms with Crippen LogP contribution in [0.2, 0.25) is 0 Å². The van der Waals surface area contributed by atoms with E-state index in [1.165, 1.54) is 0 Å². The van der Waals surface area contributed by atoms with E-state index in [4.69, 9.17) is 4.42 Å². The van der Waals surface area contributed by atoms with E-state index in [1.807, 2.05) is 13.8 Å². The smallest absolute Gasteiger partial charge is 0.315 e. The van der Waals surface area contributed by atoms with Crippen LogP contribution in [-0.4, -0.2) is 34.7 Å². The lowest BCUT2D eigenvalue weighted by Gasteiger charge is -2.18. The molecule has 3 N–H and O–H groups in total. The Labute approximate surface area is 119 Å². The van der Waals surface area contributed by atoms with Crippen LogP contribution >= 0.6 is 0 Å². The van der Waals surface area contributed by atoms with E-state index in [2.05, 4.69) is 46.9 Å². The molecule has 0 saturated heterocycles. The van der Waals surface area contributed by atoms with Crippen molar-refractivity contribution < 1.29 is 9.21 Å². The second kappa shape index (κ2) is 7.23. The van der Waals surface area contributed by atoms with Gasteiger partial charge in [0.15, 0.2) is 0 Å². The maximum absolute atomic E-state index is 11.5. The minimum atomic E-state index is -0.0914. The van der Waals surface area contributed by atoms with Gasteiger partial charge in [0.05, 0.1) is 13.1 Å². The van der Waals surface area contributed by atoms with Crippen molar-refractivity contribution in [3.8, 4) is 0 Å². The zero-order chi connectivity index (χ0) is 15.2. The van der Waals surface area contributed by atoms with Crippen LogP contribution in [-0.2, 0) is 11.3 Å². The number of nitrogens with one attached hydrogen (secondary N) is 3. The summed E-state index contributed by atoms with van der Waals surface area (Å²) < 4.78 is 5.38. The quantitative estimate of drug-likeness (QED) is 0.695. The van der Waals surface area contributed by atoms with Crippen LogP contribution in [0.15, 0.2) is 4.42 Å². The number of amides is 1. The molecular formula is C13H25N5O2. The minimum Gasteiger partial charge on any atom is -0.407 e. The van der Waals surface area contributed by atoms with Crippen LogP contribution in [0.1, 0.15) is 40.5 Å². The highest BCUT2D eigenvalue weighted by atomic mass is 16.4. The van der Waals surface area contributed by atoms with Crippen molar-refractivity contribution in [1.82, 2.24) is 20.8 Å². The molecule has 0 bridgehead atoms. The standard InChI is InChI=1S/C13H25N5O2/c1-9(2)6-14-10(19)7-15-12-18-17-11(20-12)8-16-13(3,4)5/h9,16H,6-8H2,1-5H3,(H,14,19)(H,15,18). The molecule has 0 aliphatic rings. The SMILES string of the molecule is CC(C)CNC(=O)CNc1nnc(CNC(C)(C)C)o1. The van der Waals surface area contributed by atoms with Gasteiger partial charge in [-0.1, -0.05) is 18.9 Å². The Kier molecular flexibility index (Phi) is 5.94. The van der Waals surface area contributed by atoms with Crippen molar-refractivity contribution in [2.75, 3.05) is 18.4 Å². The molecule has 0 aromatic carbocycles. The maximum atomic E-state index is 11.5. The lowest BCUT2D eigenvalue weighted by atomic mass is 10.1. The van der Waals surface area contributed by atoms with E-state index in [0.717, 1.165) is 0 Å². The van der Waals surface area contributed by atoms with Crippen molar-refractivity contribution >= 4 is 11.9 Å². The van der Waals surface area contributed by atoms with E-state index in [9.17, 15) is 4.79 Å². The summed E-state index contributed by atoms with van der Waals surface area (Å²) in [7, 11) is 0. The van der Waals surface area contributed by atoms with Gasteiger partial charge in [0, 0.05) is 12.1 Å². The monoisotopic (exact) mass is 283 g/mol. The summed E-state index contributed by atoms with van der Waals surface area (Å²) in [6, 6.07) is 0.260. The summed E-state index contributed by atoms with van der Waals surface area (Å²) in [5.41, 5.74) is -0.0151. The van der Waals surface area contributed by atoms with E-state index in [1.54, 1.807) is 0 Å². The molecule has 114 valence electrons. The molecule has 1 aromatic rings. The third-order valence-corrected chi connectivity index (χ3v) is 2.34. The molecule has 1 rings (SSSR count). The van der Waals surface area contributed by atoms with Crippen LogP contribution in [0.5, 0.6) is 0 Å².